The van der Waals surface area contributed by atoms with E-state index in [2.05, 4.69) is 52.8 Å². The standard InChI is InChI=1S/C22H34O3/c1-15(2)19-11-9-16(3)8-7-13-22(6)21(25-22)14-20(24-18(5)23)17(4)10-12-19/h8,10,12,15,20-21H,7,9,11,13-14H2,1-6H3/b16-8-,17-10-,19-12-. The van der Waals surface area contributed by atoms with Crippen molar-refractivity contribution < 1.29 is 14.3 Å². The van der Waals surface area contributed by atoms with Crippen LogP contribution < -0.4 is 0 Å². The lowest BCUT2D eigenvalue weighted by Gasteiger charge is -2.18. The second-order valence-electron chi connectivity index (χ2n) is 8.15. The van der Waals surface area contributed by atoms with Crippen molar-refractivity contribution in [2.75, 3.05) is 0 Å². The fraction of sp³-hybridized carbons (Fsp3) is 0.682. The van der Waals surface area contributed by atoms with Crippen LogP contribution in [0.25, 0.3) is 0 Å². The van der Waals surface area contributed by atoms with Gasteiger partial charge in [0.1, 0.15) is 6.10 Å². The van der Waals surface area contributed by atoms with Gasteiger partial charge in [-0.25, -0.2) is 0 Å². The lowest BCUT2D eigenvalue weighted by Crippen LogP contribution is -2.22. The summed E-state index contributed by atoms with van der Waals surface area (Å²) >= 11 is 0. The molecule has 0 aromatic rings. The van der Waals surface area contributed by atoms with E-state index < -0.39 is 0 Å². The summed E-state index contributed by atoms with van der Waals surface area (Å²) in [6.45, 7) is 12.4. The van der Waals surface area contributed by atoms with Gasteiger partial charge in [0.2, 0.25) is 0 Å². The molecule has 0 amide bonds. The van der Waals surface area contributed by atoms with Crippen LogP contribution in [0.2, 0.25) is 0 Å². The van der Waals surface area contributed by atoms with Gasteiger partial charge < -0.3 is 9.47 Å². The van der Waals surface area contributed by atoms with E-state index in [1.165, 1.54) is 18.1 Å². The van der Waals surface area contributed by atoms with Crippen molar-refractivity contribution in [1.29, 1.82) is 0 Å². The van der Waals surface area contributed by atoms with Gasteiger partial charge in [-0.15, -0.1) is 0 Å². The van der Waals surface area contributed by atoms with E-state index in [4.69, 9.17) is 9.47 Å². The number of rotatable bonds is 2. The van der Waals surface area contributed by atoms with Crippen LogP contribution in [-0.4, -0.2) is 23.8 Å². The van der Waals surface area contributed by atoms with Crippen LogP contribution in [0.15, 0.2) is 34.9 Å². The maximum absolute atomic E-state index is 11.5. The molecule has 3 heteroatoms. The molecule has 0 aromatic carbocycles. The Morgan fingerprint density at radius 1 is 1.28 bits per heavy atom. The number of ether oxygens (including phenoxy) is 2. The predicted molar refractivity (Wildman–Crippen MR) is 102 cm³/mol. The van der Waals surface area contributed by atoms with Crippen LogP contribution in [-0.2, 0) is 14.3 Å². The van der Waals surface area contributed by atoms with Gasteiger partial charge in [-0.2, -0.15) is 0 Å². The summed E-state index contributed by atoms with van der Waals surface area (Å²) < 4.78 is 11.6. The lowest BCUT2D eigenvalue weighted by molar-refractivity contribution is -0.145. The Kier molecular flexibility index (Phi) is 6.67. The summed E-state index contributed by atoms with van der Waals surface area (Å²) in [5.74, 6) is 0.292. The third-order valence-electron chi connectivity index (χ3n) is 5.52. The van der Waals surface area contributed by atoms with Crippen LogP contribution in [0.3, 0.4) is 0 Å². The zero-order chi connectivity index (χ0) is 18.6. The highest BCUT2D eigenvalue weighted by Gasteiger charge is 2.52. The number of hydrogen-bond acceptors (Lipinski definition) is 3. The highest BCUT2D eigenvalue weighted by molar-refractivity contribution is 5.66. The molecule has 0 saturated carbocycles. The fourth-order valence-corrected chi connectivity index (χ4v) is 3.49. The van der Waals surface area contributed by atoms with Crippen molar-refractivity contribution >= 4 is 5.97 Å². The minimum atomic E-state index is -0.229. The van der Waals surface area contributed by atoms with Gasteiger partial charge in [0.25, 0.3) is 0 Å². The molecule has 1 fully saturated rings. The Labute approximate surface area is 153 Å². The summed E-state index contributed by atoms with van der Waals surface area (Å²) in [6.07, 6.45) is 11.7. The Balaban J connectivity index is 2.26. The van der Waals surface area contributed by atoms with Crippen LogP contribution >= 0.6 is 0 Å². The largest absolute Gasteiger partial charge is 0.458 e. The monoisotopic (exact) mass is 346 g/mol. The minimum absolute atomic E-state index is 0.0709. The van der Waals surface area contributed by atoms with Crippen molar-refractivity contribution in [3.8, 4) is 0 Å². The number of allylic oxidation sites excluding steroid dienone is 5. The summed E-state index contributed by atoms with van der Waals surface area (Å²) in [4.78, 5) is 11.5. The van der Waals surface area contributed by atoms with Gasteiger partial charge in [0.05, 0.1) is 11.7 Å². The molecule has 1 heterocycles. The number of fused-ring (bicyclic) bond motifs is 1. The van der Waals surface area contributed by atoms with Gasteiger partial charge >= 0.3 is 5.97 Å². The van der Waals surface area contributed by atoms with Gasteiger partial charge in [0, 0.05) is 13.3 Å². The fourth-order valence-electron chi connectivity index (χ4n) is 3.49. The molecule has 3 atom stereocenters. The Hall–Kier alpha value is -1.35. The van der Waals surface area contributed by atoms with Gasteiger partial charge in [-0.3, -0.25) is 4.79 Å². The van der Waals surface area contributed by atoms with E-state index in [0.29, 0.717) is 5.92 Å². The van der Waals surface area contributed by atoms with Crippen molar-refractivity contribution in [3.05, 3.63) is 34.9 Å². The molecular weight excluding hydrogens is 312 g/mol. The van der Waals surface area contributed by atoms with E-state index in [-0.39, 0.29) is 23.8 Å². The van der Waals surface area contributed by atoms with Crippen molar-refractivity contribution in [1.82, 2.24) is 0 Å². The molecule has 140 valence electrons. The molecule has 1 saturated heterocycles. The Morgan fingerprint density at radius 2 is 2.00 bits per heavy atom. The van der Waals surface area contributed by atoms with E-state index in [1.807, 2.05) is 0 Å². The maximum atomic E-state index is 11.5. The van der Waals surface area contributed by atoms with E-state index in [0.717, 1.165) is 37.7 Å². The average Bonchev–Trinajstić information content (AvgIpc) is 3.14. The number of epoxide rings is 1. The first-order valence-electron chi connectivity index (χ1n) is 9.59. The Morgan fingerprint density at radius 3 is 2.64 bits per heavy atom. The normalized spacial score (nSPS) is 37.5. The van der Waals surface area contributed by atoms with Crippen LogP contribution in [0.4, 0.5) is 0 Å². The molecule has 0 aromatic heterocycles. The molecule has 25 heavy (non-hydrogen) atoms. The average molecular weight is 347 g/mol. The molecule has 3 unspecified atom stereocenters. The second-order valence-corrected chi connectivity index (χ2v) is 8.15. The number of hydrogen-bond donors (Lipinski definition) is 0. The molecule has 2 aliphatic rings. The van der Waals surface area contributed by atoms with Gasteiger partial charge in [-0.05, 0) is 57.9 Å². The third-order valence-corrected chi connectivity index (χ3v) is 5.52. The van der Waals surface area contributed by atoms with E-state index in [9.17, 15) is 4.79 Å². The highest BCUT2D eigenvalue weighted by Crippen LogP contribution is 2.44. The quantitative estimate of drug-likeness (QED) is 0.376. The second kappa shape index (κ2) is 8.35. The SMILES string of the molecule is CC(=O)OC1CC2OC2(C)CC/C=C(/C)CC/C(C(C)C)=C/C=C\1C. The molecule has 3 nitrogen and oxygen atoms in total. The maximum Gasteiger partial charge on any atom is 0.303 e. The first kappa shape index (κ1) is 20.0. The summed E-state index contributed by atoms with van der Waals surface area (Å²) in [5.41, 5.74) is 3.93. The molecule has 2 rings (SSSR count). The topological polar surface area (TPSA) is 38.8 Å². The Bertz CT molecular complexity index is 582. The summed E-state index contributed by atoms with van der Waals surface area (Å²) in [5, 5.41) is 0. The first-order valence-corrected chi connectivity index (χ1v) is 9.59. The smallest absolute Gasteiger partial charge is 0.303 e. The molecule has 1 aliphatic carbocycles. The van der Waals surface area contributed by atoms with Crippen molar-refractivity contribution in [2.45, 2.75) is 91.5 Å². The first-order chi connectivity index (χ1) is 11.7. The molecule has 0 N–H and O–H groups in total. The van der Waals surface area contributed by atoms with Gasteiger partial charge in [0.15, 0.2) is 0 Å². The minimum Gasteiger partial charge on any atom is -0.458 e. The van der Waals surface area contributed by atoms with E-state index in [1.54, 1.807) is 0 Å². The van der Waals surface area contributed by atoms with Crippen LogP contribution in [0.1, 0.15) is 73.6 Å². The third kappa shape index (κ3) is 5.85. The number of esters is 1. The molecule has 0 spiro atoms. The number of carbonyl (C=O) groups is 1. The van der Waals surface area contributed by atoms with Gasteiger partial charge in [-0.1, -0.05) is 43.2 Å². The van der Waals surface area contributed by atoms with Crippen molar-refractivity contribution in [2.24, 2.45) is 5.92 Å². The molecule has 0 bridgehead atoms. The van der Waals surface area contributed by atoms with E-state index >= 15 is 0 Å². The zero-order valence-corrected chi connectivity index (χ0v) is 16.7. The van der Waals surface area contributed by atoms with Crippen LogP contribution in [0.5, 0.6) is 0 Å². The van der Waals surface area contributed by atoms with Crippen LogP contribution in [0, 0.1) is 5.92 Å². The number of carbonyl (C=O) groups excluding carboxylic acids is 1. The molecule has 0 radical (unpaired) electrons. The molecular formula is C22H34O3. The summed E-state index contributed by atoms with van der Waals surface area (Å²) in [6, 6.07) is 0. The summed E-state index contributed by atoms with van der Waals surface area (Å²) in [7, 11) is 0. The molecule has 1 aliphatic heterocycles. The lowest BCUT2D eigenvalue weighted by atomic mass is 9.92. The highest BCUT2D eigenvalue weighted by atomic mass is 16.6. The van der Waals surface area contributed by atoms with Crippen molar-refractivity contribution in [3.63, 3.8) is 0 Å². The predicted octanol–water partition coefficient (Wildman–Crippen LogP) is 5.51. The zero-order valence-electron chi connectivity index (χ0n) is 16.7.